The zero-order valence-corrected chi connectivity index (χ0v) is 14.9. The molecule has 0 aromatic rings. The third-order valence-corrected chi connectivity index (χ3v) is 4.99. The summed E-state index contributed by atoms with van der Waals surface area (Å²) in [7, 11) is 0. The predicted molar refractivity (Wildman–Crippen MR) is 82.3 cm³/mol. The van der Waals surface area contributed by atoms with Crippen molar-refractivity contribution in [2.24, 2.45) is 0 Å². The lowest BCUT2D eigenvalue weighted by Crippen LogP contribution is -2.50. The minimum Gasteiger partial charge on any atom is -0.394 e. The molecule has 0 bridgehead atoms. The van der Waals surface area contributed by atoms with E-state index in [0.717, 1.165) is 0 Å². The Morgan fingerprint density at radius 1 is 0.680 bits per heavy atom. The maximum Gasteiger partial charge on any atom is 0.164 e. The number of fused-ring (bicyclic) bond motifs is 2. The van der Waals surface area contributed by atoms with E-state index < -0.39 is 36.2 Å². The van der Waals surface area contributed by atoms with Gasteiger partial charge < -0.3 is 38.6 Å². The quantitative estimate of drug-likeness (QED) is 0.584. The van der Waals surface area contributed by atoms with Gasteiger partial charge in [0.2, 0.25) is 0 Å². The molecule has 9 heteroatoms. The minimum absolute atomic E-state index is 0.164. The highest BCUT2D eigenvalue weighted by atomic mass is 16.8. The van der Waals surface area contributed by atoms with Crippen LogP contribution in [-0.4, -0.2) is 84.1 Å². The highest BCUT2D eigenvalue weighted by Crippen LogP contribution is 2.41. The third-order valence-electron chi connectivity index (χ3n) is 4.99. The topological polar surface area (TPSA) is 108 Å². The number of aliphatic hydroxyl groups is 2. The molecule has 0 aliphatic carbocycles. The Kier molecular flexibility index (Phi) is 4.38. The summed E-state index contributed by atoms with van der Waals surface area (Å²) in [6.07, 6.45) is -3.49. The Labute approximate surface area is 146 Å². The monoisotopic (exact) mass is 361 g/mol. The highest BCUT2D eigenvalue weighted by molar-refractivity contribution is 5.01. The Hall–Kier alpha value is -0.360. The summed E-state index contributed by atoms with van der Waals surface area (Å²) in [5.41, 5.74) is 0. The van der Waals surface area contributed by atoms with Gasteiger partial charge >= 0.3 is 0 Å². The van der Waals surface area contributed by atoms with Gasteiger partial charge in [-0.1, -0.05) is 0 Å². The van der Waals surface area contributed by atoms with E-state index in [1.807, 2.05) is 27.7 Å². The Morgan fingerprint density at radius 2 is 1.04 bits per heavy atom. The first kappa shape index (κ1) is 18.0. The number of nitrogens with one attached hydrogen (secondary N) is 1. The van der Waals surface area contributed by atoms with E-state index in [4.69, 9.17) is 28.4 Å². The second-order valence-corrected chi connectivity index (χ2v) is 7.85. The molecule has 0 saturated carbocycles. The molecule has 0 radical (unpaired) electrons. The van der Waals surface area contributed by atoms with Crippen LogP contribution >= 0.6 is 0 Å². The molecule has 25 heavy (non-hydrogen) atoms. The van der Waals surface area contributed by atoms with Crippen molar-refractivity contribution in [1.82, 2.24) is 5.32 Å². The van der Waals surface area contributed by atoms with Crippen molar-refractivity contribution in [3.8, 4) is 0 Å². The summed E-state index contributed by atoms with van der Waals surface area (Å²) in [5, 5.41) is 22.4. The van der Waals surface area contributed by atoms with Crippen LogP contribution < -0.4 is 5.32 Å². The van der Waals surface area contributed by atoms with Crippen LogP contribution in [0, 0.1) is 0 Å². The second-order valence-electron chi connectivity index (χ2n) is 7.85. The fourth-order valence-corrected chi connectivity index (χ4v) is 4.09. The SMILES string of the molecule is CC1(C)OC2C(CO)OC(NC3OC(CO)C4OC(C)(C)OC34)C2O1. The molecule has 144 valence electrons. The van der Waals surface area contributed by atoms with Crippen molar-refractivity contribution in [3.63, 3.8) is 0 Å². The zero-order valence-electron chi connectivity index (χ0n) is 14.9. The van der Waals surface area contributed by atoms with Gasteiger partial charge in [0, 0.05) is 0 Å². The van der Waals surface area contributed by atoms with Gasteiger partial charge in [-0.15, -0.1) is 0 Å². The first-order chi connectivity index (χ1) is 11.7. The fraction of sp³-hybridized carbons (Fsp3) is 1.00. The average molecular weight is 361 g/mol. The molecule has 4 aliphatic heterocycles. The zero-order chi connectivity index (χ0) is 18.0. The van der Waals surface area contributed by atoms with Gasteiger partial charge in [-0.3, -0.25) is 5.32 Å². The first-order valence-corrected chi connectivity index (χ1v) is 8.73. The summed E-state index contributed by atoms with van der Waals surface area (Å²) in [5.74, 6) is -1.48. The van der Waals surface area contributed by atoms with Crippen LogP contribution in [0.3, 0.4) is 0 Å². The van der Waals surface area contributed by atoms with Crippen LogP contribution in [0.4, 0.5) is 0 Å². The normalized spacial score (nSPS) is 50.2. The van der Waals surface area contributed by atoms with Gasteiger partial charge in [-0.2, -0.15) is 0 Å². The van der Waals surface area contributed by atoms with Crippen molar-refractivity contribution < 1.29 is 38.6 Å². The molecule has 0 aromatic heterocycles. The Morgan fingerprint density at radius 3 is 1.40 bits per heavy atom. The first-order valence-electron chi connectivity index (χ1n) is 8.73. The largest absolute Gasteiger partial charge is 0.394 e. The molecule has 8 atom stereocenters. The predicted octanol–water partition coefficient (Wildman–Crippen LogP) is -0.949. The molecule has 8 unspecified atom stereocenters. The average Bonchev–Trinajstić information content (AvgIpc) is 3.18. The van der Waals surface area contributed by atoms with Crippen LogP contribution in [0.1, 0.15) is 27.7 Å². The highest BCUT2D eigenvalue weighted by Gasteiger charge is 2.59. The van der Waals surface area contributed by atoms with Gasteiger partial charge in [0.05, 0.1) is 13.2 Å². The minimum atomic E-state index is -0.742. The lowest BCUT2D eigenvalue weighted by molar-refractivity contribution is -0.212. The van der Waals surface area contributed by atoms with Crippen LogP contribution in [-0.2, 0) is 28.4 Å². The molecule has 4 rings (SSSR count). The van der Waals surface area contributed by atoms with Crippen molar-refractivity contribution in [1.29, 1.82) is 0 Å². The van der Waals surface area contributed by atoms with E-state index in [9.17, 15) is 10.2 Å². The lowest BCUT2D eigenvalue weighted by Gasteiger charge is -2.28. The Balaban J connectivity index is 1.48. The van der Waals surface area contributed by atoms with Gasteiger partial charge in [0.15, 0.2) is 11.6 Å². The summed E-state index contributed by atoms with van der Waals surface area (Å²) in [4.78, 5) is 0. The summed E-state index contributed by atoms with van der Waals surface area (Å²) in [6.45, 7) is 6.99. The molecule has 4 fully saturated rings. The molecular weight excluding hydrogens is 334 g/mol. The van der Waals surface area contributed by atoms with Crippen LogP contribution in [0.5, 0.6) is 0 Å². The maximum absolute atomic E-state index is 9.56. The van der Waals surface area contributed by atoms with Gasteiger partial charge in [0.25, 0.3) is 0 Å². The smallest absolute Gasteiger partial charge is 0.164 e. The number of aliphatic hydroxyl groups excluding tert-OH is 2. The number of ether oxygens (including phenoxy) is 6. The van der Waals surface area contributed by atoms with Crippen molar-refractivity contribution in [2.75, 3.05) is 13.2 Å². The Bertz CT molecular complexity index is 470. The lowest BCUT2D eigenvalue weighted by atomic mass is 10.1. The van der Waals surface area contributed by atoms with E-state index in [1.165, 1.54) is 0 Å². The van der Waals surface area contributed by atoms with Gasteiger partial charge in [0.1, 0.15) is 49.1 Å². The van der Waals surface area contributed by atoms with E-state index in [0.29, 0.717) is 0 Å². The molecule has 9 nitrogen and oxygen atoms in total. The van der Waals surface area contributed by atoms with Crippen LogP contribution in [0.2, 0.25) is 0 Å². The molecule has 4 saturated heterocycles. The van der Waals surface area contributed by atoms with Crippen LogP contribution in [0.15, 0.2) is 0 Å². The summed E-state index contributed by atoms with van der Waals surface area (Å²) < 4.78 is 35.3. The molecule has 0 spiro atoms. The molecule has 4 heterocycles. The van der Waals surface area contributed by atoms with Crippen molar-refractivity contribution in [3.05, 3.63) is 0 Å². The van der Waals surface area contributed by atoms with E-state index in [2.05, 4.69) is 5.32 Å². The van der Waals surface area contributed by atoms with E-state index in [1.54, 1.807) is 0 Å². The van der Waals surface area contributed by atoms with Crippen LogP contribution in [0.25, 0.3) is 0 Å². The van der Waals surface area contributed by atoms with E-state index >= 15 is 0 Å². The molecule has 3 N–H and O–H groups in total. The second kappa shape index (κ2) is 6.08. The standard InChI is InChI=1S/C16H27NO8/c1-15(2)22-9-7(5-18)20-13(11(9)24-15)17-14-12-10(8(6-19)21-14)23-16(3,4)25-12/h7-14,17-19H,5-6H2,1-4H3. The summed E-state index contributed by atoms with van der Waals surface area (Å²) in [6, 6.07) is 0. The number of hydrogen-bond donors (Lipinski definition) is 3. The fourth-order valence-electron chi connectivity index (χ4n) is 4.09. The van der Waals surface area contributed by atoms with Crippen molar-refractivity contribution >= 4 is 0 Å². The van der Waals surface area contributed by atoms with Gasteiger partial charge in [-0.05, 0) is 27.7 Å². The van der Waals surface area contributed by atoms with Gasteiger partial charge in [-0.25, -0.2) is 0 Å². The third kappa shape index (κ3) is 3.11. The molecular formula is C16H27NO8. The number of rotatable bonds is 4. The molecule has 4 aliphatic rings. The molecule has 0 aromatic carbocycles. The number of hydrogen-bond acceptors (Lipinski definition) is 9. The summed E-state index contributed by atoms with van der Waals surface area (Å²) >= 11 is 0. The maximum atomic E-state index is 9.56. The van der Waals surface area contributed by atoms with E-state index in [-0.39, 0.29) is 37.6 Å². The molecule has 0 amide bonds. The van der Waals surface area contributed by atoms with Crippen molar-refractivity contribution in [2.45, 2.75) is 88.3 Å².